The Morgan fingerprint density at radius 2 is 1.83 bits per heavy atom. The second kappa shape index (κ2) is 8.02. The minimum atomic E-state index is -0.483. The Hall–Kier alpha value is -1.26. The van der Waals surface area contributed by atoms with Crippen molar-refractivity contribution < 1.29 is 9.59 Å². The molecule has 0 spiro atoms. The molecule has 1 heterocycles. The highest BCUT2D eigenvalue weighted by atomic mass is 35.5. The van der Waals surface area contributed by atoms with Crippen molar-refractivity contribution >= 4 is 35.0 Å². The topological polar surface area (TPSA) is 49.4 Å². The first kappa shape index (κ1) is 18.1. The fourth-order valence-corrected chi connectivity index (χ4v) is 3.03. The molecule has 23 heavy (non-hydrogen) atoms. The Kier molecular flexibility index (Phi) is 6.31. The van der Waals surface area contributed by atoms with Crippen LogP contribution in [0.5, 0.6) is 0 Å². The molecule has 0 aromatic heterocycles. The molecule has 1 atom stereocenters. The summed E-state index contributed by atoms with van der Waals surface area (Å²) in [7, 11) is 0. The van der Waals surface area contributed by atoms with E-state index in [9.17, 15) is 9.59 Å². The summed E-state index contributed by atoms with van der Waals surface area (Å²) >= 11 is 11.8. The molecule has 0 radical (unpaired) electrons. The standard InChI is InChI=1S/C17H22Cl2N2O2/c1-11(2)16(17(23)21-7-3-4-8-21)20-15(22)10-12-5-6-13(18)14(19)9-12/h5-6,9,11,16H,3-4,7-8,10H2,1-2H3,(H,20,22)/t16-/m0/s1. The Labute approximate surface area is 147 Å². The molecular weight excluding hydrogens is 335 g/mol. The van der Waals surface area contributed by atoms with Gasteiger partial charge in [0.15, 0.2) is 0 Å². The van der Waals surface area contributed by atoms with Gasteiger partial charge in [-0.25, -0.2) is 0 Å². The number of amides is 2. The maximum absolute atomic E-state index is 12.5. The molecule has 1 aliphatic heterocycles. The quantitative estimate of drug-likeness (QED) is 0.879. The zero-order valence-electron chi connectivity index (χ0n) is 13.4. The van der Waals surface area contributed by atoms with Gasteiger partial charge >= 0.3 is 0 Å². The van der Waals surface area contributed by atoms with Gasteiger partial charge in [0.1, 0.15) is 6.04 Å². The molecule has 1 N–H and O–H groups in total. The molecule has 126 valence electrons. The molecule has 1 aromatic rings. The molecular formula is C17H22Cl2N2O2. The van der Waals surface area contributed by atoms with Crippen LogP contribution in [0.3, 0.4) is 0 Å². The van der Waals surface area contributed by atoms with Crippen molar-refractivity contribution in [2.75, 3.05) is 13.1 Å². The number of carbonyl (C=O) groups excluding carboxylic acids is 2. The monoisotopic (exact) mass is 356 g/mol. The Balaban J connectivity index is 1.99. The van der Waals surface area contributed by atoms with Crippen LogP contribution in [0.25, 0.3) is 0 Å². The zero-order valence-corrected chi connectivity index (χ0v) is 15.0. The Morgan fingerprint density at radius 1 is 1.17 bits per heavy atom. The van der Waals surface area contributed by atoms with E-state index in [-0.39, 0.29) is 24.2 Å². The number of nitrogens with zero attached hydrogens (tertiary/aromatic N) is 1. The van der Waals surface area contributed by atoms with E-state index in [1.54, 1.807) is 18.2 Å². The van der Waals surface area contributed by atoms with Crippen LogP contribution in [0.2, 0.25) is 10.0 Å². The van der Waals surface area contributed by atoms with E-state index in [2.05, 4.69) is 5.32 Å². The van der Waals surface area contributed by atoms with Gasteiger partial charge in [0, 0.05) is 13.1 Å². The summed E-state index contributed by atoms with van der Waals surface area (Å²) in [5.74, 6) is -0.129. The summed E-state index contributed by atoms with van der Waals surface area (Å²) in [6, 6.07) is 4.63. The van der Waals surface area contributed by atoms with E-state index < -0.39 is 6.04 Å². The summed E-state index contributed by atoms with van der Waals surface area (Å²) in [5, 5.41) is 3.75. The van der Waals surface area contributed by atoms with Crippen molar-refractivity contribution in [3.05, 3.63) is 33.8 Å². The first-order valence-corrected chi connectivity index (χ1v) is 8.66. The van der Waals surface area contributed by atoms with Crippen molar-refractivity contribution in [1.82, 2.24) is 10.2 Å². The first-order valence-electron chi connectivity index (χ1n) is 7.90. The van der Waals surface area contributed by atoms with Crippen LogP contribution < -0.4 is 5.32 Å². The van der Waals surface area contributed by atoms with Crippen LogP contribution in [0, 0.1) is 5.92 Å². The highest BCUT2D eigenvalue weighted by molar-refractivity contribution is 6.42. The summed E-state index contributed by atoms with van der Waals surface area (Å²) in [5.41, 5.74) is 0.771. The summed E-state index contributed by atoms with van der Waals surface area (Å²) in [4.78, 5) is 26.7. The number of carbonyl (C=O) groups is 2. The SMILES string of the molecule is CC(C)[C@H](NC(=O)Cc1ccc(Cl)c(Cl)c1)C(=O)N1CCCC1. The number of rotatable bonds is 5. The summed E-state index contributed by atoms with van der Waals surface area (Å²) in [6.07, 6.45) is 2.24. The van der Waals surface area contributed by atoms with Crippen molar-refractivity contribution in [2.45, 2.75) is 39.2 Å². The molecule has 1 saturated heterocycles. The maximum atomic E-state index is 12.5. The van der Waals surface area contributed by atoms with Crippen molar-refractivity contribution in [1.29, 1.82) is 0 Å². The van der Waals surface area contributed by atoms with Crippen LogP contribution in [0.4, 0.5) is 0 Å². The normalized spacial score (nSPS) is 15.8. The van der Waals surface area contributed by atoms with E-state index in [1.807, 2.05) is 18.7 Å². The van der Waals surface area contributed by atoms with Gasteiger partial charge in [-0.15, -0.1) is 0 Å². The third-order valence-electron chi connectivity index (χ3n) is 4.02. The fraction of sp³-hybridized carbons (Fsp3) is 0.529. The van der Waals surface area contributed by atoms with Crippen molar-refractivity contribution in [3.8, 4) is 0 Å². The number of benzene rings is 1. The lowest BCUT2D eigenvalue weighted by Gasteiger charge is -2.26. The van der Waals surface area contributed by atoms with E-state index in [0.717, 1.165) is 31.5 Å². The molecule has 1 aromatic carbocycles. The number of likely N-dealkylation sites (tertiary alicyclic amines) is 1. The fourth-order valence-electron chi connectivity index (χ4n) is 2.71. The summed E-state index contributed by atoms with van der Waals surface area (Å²) < 4.78 is 0. The van der Waals surface area contributed by atoms with Gasteiger partial charge in [-0.2, -0.15) is 0 Å². The Morgan fingerprint density at radius 3 is 2.39 bits per heavy atom. The third kappa shape index (κ3) is 4.85. The molecule has 0 aliphatic carbocycles. The first-order chi connectivity index (χ1) is 10.9. The van der Waals surface area contributed by atoms with E-state index in [0.29, 0.717) is 10.0 Å². The molecule has 6 heteroatoms. The molecule has 4 nitrogen and oxygen atoms in total. The van der Waals surface area contributed by atoms with Gasteiger partial charge < -0.3 is 10.2 Å². The molecule has 0 saturated carbocycles. The van der Waals surface area contributed by atoms with Crippen LogP contribution in [-0.4, -0.2) is 35.8 Å². The minimum absolute atomic E-state index is 0.0139. The van der Waals surface area contributed by atoms with E-state index in [4.69, 9.17) is 23.2 Å². The maximum Gasteiger partial charge on any atom is 0.245 e. The van der Waals surface area contributed by atoms with E-state index >= 15 is 0 Å². The molecule has 0 bridgehead atoms. The van der Waals surface area contributed by atoms with Gasteiger partial charge in [0.2, 0.25) is 11.8 Å². The minimum Gasteiger partial charge on any atom is -0.344 e. The van der Waals surface area contributed by atoms with Gasteiger partial charge in [0.05, 0.1) is 16.5 Å². The molecule has 2 amide bonds. The highest BCUT2D eigenvalue weighted by Crippen LogP contribution is 2.23. The van der Waals surface area contributed by atoms with Crippen LogP contribution in [0.1, 0.15) is 32.3 Å². The van der Waals surface area contributed by atoms with Gasteiger partial charge in [0.25, 0.3) is 0 Å². The van der Waals surface area contributed by atoms with Crippen LogP contribution >= 0.6 is 23.2 Å². The van der Waals surface area contributed by atoms with E-state index in [1.165, 1.54) is 0 Å². The number of halogens is 2. The average molecular weight is 357 g/mol. The predicted molar refractivity (Wildman–Crippen MR) is 92.7 cm³/mol. The second-order valence-corrected chi connectivity index (χ2v) is 7.06. The van der Waals surface area contributed by atoms with Gasteiger partial charge in [-0.3, -0.25) is 9.59 Å². The lowest BCUT2D eigenvalue weighted by molar-refractivity contribution is -0.136. The zero-order chi connectivity index (χ0) is 17.0. The highest BCUT2D eigenvalue weighted by Gasteiger charge is 2.29. The summed E-state index contributed by atoms with van der Waals surface area (Å²) in [6.45, 7) is 5.45. The van der Waals surface area contributed by atoms with Gasteiger partial charge in [-0.1, -0.05) is 43.1 Å². The largest absolute Gasteiger partial charge is 0.344 e. The molecule has 0 unspecified atom stereocenters. The number of hydrogen-bond donors (Lipinski definition) is 1. The third-order valence-corrected chi connectivity index (χ3v) is 4.75. The average Bonchev–Trinajstić information content (AvgIpc) is 3.02. The van der Waals surface area contributed by atoms with Crippen molar-refractivity contribution in [2.24, 2.45) is 5.92 Å². The predicted octanol–water partition coefficient (Wildman–Crippen LogP) is 3.30. The Bertz CT molecular complexity index is 584. The number of hydrogen-bond acceptors (Lipinski definition) is 2. The lowest BCUT2D eigenvalue weighted by Crippen LogP contribution is -2.50. The number of nitrogens with one attached hydrogen (secondary N) is 1. The van der Waals surface area contributed by atoms with Crippen molar-refractivity contribution in [3.63, 3.8) is 0 Å². The molecule has 1 aliphatic rings. The second-order valence-electron chi connectivity index (χ2n) is 6.25. The van der Waals surface area contributed by atoms with Crippen LogP contribution in [0.15, 0.2) is 18.2 Å². The molecule has 1 fully saturated rings. The smallest absolute Gasteiger partial charge is 0.245 e. The molecule has 2 rings (SSSR count). The van der Waals surface area contributed by atoms with Gasteiger partial charge in [-0.05, 0) is 36.5 Å². The van der Waals surface area contributed by atoms with Crippen LogP contribution in [-0.2, 0) is 16.0 Å². The lowest BCUT2D eigenvalue weighted by atomic mass is 10.0.